The minimum absolute atomic E-state index is 0.0137. The Morgan fingerprint density at radius 3 is 2.64 bits per heavy atom. The molecular weight excluding hydrogens is 352 g/mol. The molecule has 0 unspecified atom stereocenters. The van der Waals surface area contributed by atoms with E-state index in [9.17, 15) is 18.0 Å². The second-order valence-electron chi connectivity index (χ2n) is 5.45. The highest BCUT2D eigenvalue weighted by molar-refractivity contribution is 7.89. The van der Waals surface area contributed by atoms with Crippen molar-refractivity contribution in [3.63, 3.8) is 0 Å². The third-order valence-electron chi connectivity index (χ3n) is 3.69. The summed E-state index contributed by atoms with van der Waals surface area (Å²) in [7, 11) is -0.864. The fourth-order valence-electron chi connectivity index (χ4n) is 2.47. The largest absolute Gasteiger partial charge is 0.512 e. The summed E-state index contributed by atoms with van der Waals surface area (Å²) in [6.45, 7) is 1.54. The van der Waals surface area contributed by atoms with Gasteiger partial charge in [0.1, 0.15) is 0 Å². The number of aryl methyl sites for hydroxylation is 1. The molecule has 0 spiro atoms. The van der Waals surface area contributed by atoms with Crippen LogP contribution in [0.15, 0.2) is 27.9 Å². The van der Waals surface area contributed by atoms with E-state index in [-0.39, 0.29) is 21.9 Å². The molecule has 3 aromatic rings. The van der Waals surface area contributed by atoms with Gasteiger partial charge in [-0.05, 0) is 25.1 Å². The number of hydrogen-bond acceptors (Lipinski definition) is 6. The number of aromatic nitrogens is 3. The standard InChI is InChI=1S/C14H14N4O6S/c1-7-13(24-14(20)21)16-11-12(19)15-9-6-8(25(22,23)17(2)3)4-5-10(9)18(7)11/h4-6H,1-3H3,(H,15,19)(H,20,21). The van der Waals surface area contributed by atoms with Crippen LogP contribution in [0.1, 0.15) is 5.69 Å². The highest BCUT2D eigenvalue weighted by Crippen LogP contribution is 2.24. The molecule has 0 aliphatic rings. The quantitative estimate of drug-likeness (QED) is 0.654. The number of carbonyl (C=O) groups is 1. The third-order valence-corrected chi connectivity index (χ3v) is 5.50. The maximum absolute atomic E-state index is 12.2. The summed E-state index contributed by atoms with van der Waals surface area (Å²) < 4.78 is 31.5. The molecule has 0 atom stereocenters. The molecule has 0 saturated carbocycles. The second kappa shape index (κ2) is 5.57. The van der Waals surface area contributed by atoms with Crippen molar-refractivity contribution in [2.24, 2.45) is 0 Å². The van der Waals surface area contributed by atoms with Gasteiger partial charge in [-0.2, -0.15) is 4.98 Å². The highest BCUT2D eigenvalue weighted by Gasteiger charge is 2.21. The summed E-state index contributed by atoms with van der Waals surface area (Å²) in [4.78, 5) is 29.4. The van der Waals surface area contributed by atoms with Crippen LogP contribution in [-0.4, -0.2) is 52.4 Å². The van der Waals surface area contributed by atoms with E-state index in [4.69, 9.17) is 5.11 Å². The Labute approximate surface area is 141 Å². The first-order chi connectivity index (χ1) is 11.6. The molecule has 1 aromatic carbocycles. The van der Waals surface area contributed by atoms with Crippen LogP contribution in [0.25, 0.3) is 16.7 Å². The van der Waals surface area contributed by atoms with Gasteiger partial charge < -0.3 is 14.8 Å². The monoisotopic (exact) mass is 366 g/mol. The number of nitrogens with zero attached hydrogens (tertiary/aromatic N) is 3. The lowest BCUT2D eigenvalue weighted by Gasteiger charge is -2.12. The number of carboxylic acid groups (broad SMARTS) is 1. The fourth-order valence-corrected chi connectivity index (χ4v) is 3.40. The Morgan fingerprint density at radius 1 is 1.36 bits per heavy atom. The van der Waals surface area contributed by atoms with E-state index in [0.29, 0.717) is 11.2 Å². The number of hydrogen-bond donors (Lipinski definition) is 2. The van der Waals surface area contributed by atoms with Crippen LogP contribution in [0.3, 0.4) is 0 Å². The summed E-state index contributed by atoms with van der Waals surface area (Å²) in [6, 6.07) is 4.24. The third kappa shape index (κ3) is 2.62. The van der Waals surface area contributed by atoms with Gasteiger partial charge in [0.2, 0.25) is 21.6 Å². The summed E-state index contributed by atoms with van der Waals surface area (Å²) in [5.41, 5.74) is 0.372. The molecule has 0 fully saturated rings. The topological polar surface area (TPSA) is 134 Å². The molecule has 25 heavy (non-hydrogen) atoms. The van der Waals surface area contributed by atoms with E-state index in [1.165, 1.54) is 36.7 Å². The first-order valence-corrected chi connectivity index (χ1v) is 8.45. The molecule has 0 radical (unpaired) electrons. The van der Waals surface area contributed by atoms with E-state index in [1.807, 2.05) is 0 Å². The molecular formula is C14H14N4O6S. The normalized spacial score (nSPS) is 12.2. The van der Waals surface area contributed by atoms with Gasteiger partial charge in [0.15, 0.2) is 0 Å². The average Bonchev–Trinajstić information content (AvgIpc) is 2.84. The number of benzene rings is 1. The fraction of sp³-hybridized carbons (Fsp3) is 0.214. The van der Waals surface area contributed by atoms with E-state index in [2.05, 4.69) is 14.7 Å². The number of ether oxygens (including phenoxy) is 1. The molecule has 10 nitrogen and oxygen atoms in total. The number of sulfonamides is 1. The Balaban J connectivity index is 2.35. The molecule has 2 heterocycles. The molecule has 132 valence electrons. The van der Waals surface area contributed by atoms with Gasteiger partial charge in [0, 0.05) is 14.1 Å². The van der Waals surface area contributed by atoms with Gasteiger partial charge in [-0.15, -0.1) is 0 Å². The molecule has 0 aliphatic heterocycles. The van der Waals surface area contributed by atoms with Crippen molar-refractivity contribution in [3.05, 3.63) is 34.2 Å². The number of nitrogens with one attached hydrogen (secondary N) is 1. The molecule has 0 saturated heterocycles. The van der Waals surface area contributed by atoms with Gasteiger partial charge in [-0.1, -0.05) is 0 Å². The molecule has 0 amide bonds. The van der Waals surface area contributed by atoms with Crippen molar-refractivity contribution in [1.29, 1.82) is 0 Å². The van der Waals surface area contributed by atoms with E-state index >= 15 is 0 Å². The first-order valence-electron chi connectivity index (χ1n) is 7.01. The Bertz CT molecular complexity index is 1180. The molecule has 0 aliphatic carbocycles. The molecule has 2 N–H and O–H groups in total. The van der Waals surface area contributed by atoms with Crippen LogP contribution >= 0.6 is 0 Å². The molecule has 2 aromatic heterocycles. The molecule has 11 heteroatoms. The summed E-state index contributed by atoms with van der Waals surface area (Å²) in [5, 5.41) is 8.75. The van der Waals surface area contributed by atoms with Crippen LogP contribution in [-0.2, 0) is 10.0 Å². The zero-order valence-electron chi connectivity index (χ0n) is 13.5. The lowest BCUT2D eigenvalue weighted by Crippen LogP contribution is -2.22. The van der Waals surface area contributed by atoms with Crippen molar-refractivity contribution < 1.29 is 23.1 Å². The van der Waals surface area contributed by atoms with Crippen molar-refractivity contribution in [1.82, 2.24) is 18.7 Å². The average molecular weight is 366 g/mol. The van der Waals surface area contributed by atoms with Gasteiger partial charge >= 0.3 is 6.16 Å². The van der Waals surface area contributed by atoms with Crippen LogP contribution in [0.2, 0.25) is 0 Å². The van der Waals surface area contributed by atoms with Gasteiger partial charge in [-0.25, -0.2) is 17.5 Å². The predicted octanol–water partition coefficient (Wildman–Crippen LogP) is 0.791. The summed E-state index contributed by atoms with van der Waals surface area (Å²) in [6.07, 6.45) is -1.55. The maximum atomic E-state index is 12.2. The number of imidazole rings is 1. The first kappa shape index (κ1) is 16.9. The molecule has 0 bridgehead atoms. The smallest absolute Gasteiger partial charge is 0.449 e. The minimum Gasteiger partial charge on any atom is -0.449 e. The Hall–Kier alpha value is -2.92. The lowest BCUT2D eigenvalue weighted by molar-refractivity contribution is 0.142. The van der Waals surface area contributed by atoms with Crippen molar-refractivity contribution >= 4 is 32.9 Å². The highest BCUT2D eigenvalue weighted by atomic mass is 32.2. The SMILES string of the molecule is Cc1c(OC(=O)O)nc2c(=O)[nH]c3cc(S(=O)(=O)N(C)C)ccc3n12. The van der Waals surface area contributed by atoms with Crippen LogP contribution in [0.5, 0.6) is 5.88 Å². The van der Waals surface area contributed by atoms with Gasteiger partial charge in [-0.3, -0.25) is 9.20 Å². The van der Waals surface area contributed by atoms with Crippen LogP contribution < -0.4 is 10.3 Å². The zero-order chi connectivity index (χ0) is 18.5. The number of fused-ring (bicyclic) bond motifs is 3. The van der Waals surface area contributed by atoms with Crippen molar-refractivity contribution in [3.8, 4) is 5.88 Å². The van der Waals surface area contributed by atoms with Gasteiger partial charge in [0.25, 0.3) is 5.56 Å². The van der Waals surface area contributed by atoms with Crippen LogP contribution in [0.4, 0.5) is 4.79 Å². The minimum atomic E-state index is -3.67. The number of rotatable bonds is 3. The molecule has 3 rings (SSSR count). The van der Waals surface area contributed by atoms with E-state index < -0.39 is 21.7 Å². The second-order valence-corrected chi connectivity index (χ2v) is 7.60. The lowest BCUT2D eigenvalue weighted by atomic mass is 10.3. The predicted molar refractivity (Wildman–Crippen MR) is 87.6 cm³/mol. The number of aromatic amines is 1. The number of H-pyrrole nitrogens is 1. The Kier molecular flexibility index (Phi) is 3.77. The summed E-state index contributed by atoms with van der Waals surface area (Å²) in [5.74, 6) is -0.213. The van der Waals surface area contributed by atoms with Crippen molar-refractivity contribution in [2.75, 3.05) is 14.1 Å². The van der Waals surface area contributed by atoms with E-state index in [0.717, 1.165) is 4.31 Å². The zero-order valence-corrected chi connectivity index (χ0v) is 14.3. The van der Waals surface area contributed by atoms with Crippen molar-refractivity contribution in [2.45, 2.75) is 11.8 Å². The van der Waals surface area contributed by atoms with Crippen LogP contribution in [0, 0.1) is 6.92 Å². The Morgan fingerprint density at radius 2 is 2.04 bits per heavy atom. The summed E-state index contributed by atoms with van der Waals surface area (Å²) >= 11 is 0. The van der Waals surface area contributed by atoms with Gasteiger partial charge in [0.05, 0.1) is 21.6 Å². The van der Waals surface area contributed by atoms with E-state index in [1.54, 1.807) is 6.92 Å². The maximum Gasteiger partial charge on any atom is 0.512 e.